The molecule has 0 bridgehead atoms. The van der Waals surface area contributed by atoms with Gasteiger partial charge in [-0.15, -0.1) is 0 Å². The second-order valence-electron chi connectivity index (χ2n) is 7.36. The van der Waals surface area contributed by atoms with Gasteiger partial charge in [0.1, 0.15) is 18.8 Å². The number of allylic oxidation sites excluding steroid dienone is 3. The van der Waals surface area contributed by atoms with Crippen molar-refractivity contribution in [2.45, 2.75) is 59.5 Å². The molecule has 6 heteroatoms. The van der Waals surface area contributed by atoms with Crippen LogP contribution in [-0.2, 0) is 9.53 Å². The summed E-state index contributed by atoms with van der Waals surface area (Å²) >= 11 is 0. The van der Waals surface area contributed by atoms with E-state index in [1.807, 2.05) is 13.8 Å². The molecule has 2 rings (SSSR count). The fourth-order valence-corrected chi connectivity index (χ4v) is 3.04. The van der Waals surface area contributed by atoms with E-state index in [0.29, 0.717) is 35.1 Å². The van der Waals surface area contributed by atoms with Crippen molar-refractivity contribution in [2.24, 2.45) is 5.92 Å². The molecule has 0 aliphatic heterocycles. The van der Waals surface area contributed by atoms with Crippen LogP contribution < -0.4 is 0 Å². The minimum absolute atomic E-state index is 0.391. The van der Waals surface area contributed by atoms with Gasteiger partial charge in [-0.2, -0.15) is 0 Å². The SMILES string of the molecule is CC(C)=C1C(C(=O)OCCCCCC(C)C)=CC=C(c2ncncn2)C1O. The fourth-order valence-electron chi connectivity index (χ4n) is 3.04. The lowest BCUT2D eigenvalue weighted by molar-refractivity contribution is -0.139. The first-order chi connectivity index (χ1) is 12.9. The highest BCUT2D eigenvalue weighted by atomic mass is 16.5. The monoisotopic (exact) mass is 371 g/mol. The zero-order valence-corrected chi connectivity index (χ0v) is 16.6. The highest BCUT2D eigenvalue weighted by Gasteiger charge is 2.30. The molecule has 1 N–H and O–H groups in total. The van der Waals surface area contributed by atoms with Gasteiger partial charge in [-0.1, -0.05) is 44.8 Å². The summed E-state index contributed by atoms with van der Waals surface area (Å²) in [5.41, 5.74) is 2.33. The van der Waals surface area contributed by atoms with E-state index in [1.165, 1.54) is 19.1 Å². The molecule has 1 atom stereocenters. The van der Waals surface area contributed by atoms with Crippen LogP contribution in [0.5, 0.6) is 0 Å². The Bertz CT molecular complexity index is 732. The molecule has 0 aromatic carbocycles. The van der Waals surface area contributed by atoms with Crippen LogP contribution in [0.1, 0.15) is 59.2 Å². The Labute approximate surface area is 161 Å². The van der Waals surface area contributed by atoms with Gasteiger partial charge in [-0.25, -0.2) is 19.7 Å². The van der Waals surface area contributed by atoms with Gasteiger partial charge in [-0.05, 0) is 37.8 Å². The number of aliphatic hydroxyl groups is 1. The quantitative estimate of drug-likeness (QED) is 0.554. The Kier molecular flexibility index (Phi) is 7.85. The maximum atomic E-state index is 12.5. The van der Waals surface area contributed by atoms with Gasteiger partial charge in [0.05, 0.1) is 12.2 Å². The van der Waals surface area contributed by atoms with Crippen LogP contribution in [0.4, 0.5) is 0 Å². The van der Waals surface area contributed by atoms with Crippen molar-refractivity contribution in [2.75, 3.05) is 6.61 Å². The number of esters is 1. The number of nitrogens with zero attached hydrogens (tertiary/aromatic N) is 3. The van der Waals surface area contributed by atoms with Gasteiger partial charge in [-0.3, -0.25) is 0 Å². The summed E-state index contributed by atoms with van der Waals surface area (Å²) < 4.78 is 5.44. The minimum atomic E-state index is -0.976. The van der Waals surface area contributed by atoms with Crippen LogP contribution in [0.15, 0.2) is 41.5 Å². The fraction of sp³-hybridized carbons (Fsp3) is 0.524. The molecule has 1 aromatic rings. The van der Waals surface area contributed by atoms with Crippen LogP contribution in [-0.4, -0.2) is 38.7 Å². The van der Waals surface area contributed by atoms with Crippen LogP contribution in [0, 0.1) is 5.92 Å². The van der Waals surface area contributed by atoms with Crippen molar-refractivity contribution in [3.05, 3.63) is 47.4 Å². The van der Waals surface area contributed by atoms with Crippen molar-refractivity contribution in [3.63, 3.8) is 0 Å². The van der Waals surface area contributed by atoms with E-state index >= 15 is 0 Å². The number of rotatable bonds is 8. The van der Waals surface area contributed by atoms with Crippen LogP contribution in [0.25, 0.3) is 5.57 Å². The third kappa shape index (κ3) is 5.82. The number of carbonyl (C=O) groups excluding carboxylic acids is 1. The normalized spacial score (nSPS) is 16.8. The molecular formula is C21H29N3O3. The van der Waals surface area contributed by atoms with Gasteiger partial charge >= 0.3 is 5.97 Å². The summed E-state index contributed by atoms with van der Waals surface area (Å²) in [6, 6.07) is 0. The molecule has 6 nitrogen and oxygen atoms in total. The van der Waals surface area contributed by atoms with E-state index in [0.717, 1.165) is 24.8 Å². The Morgan fingerprint density at radius 1 is 1.15 bits per heavy atom. The molecule has 0 fully saturated rings. The molecule has 0 saturated carbocycles. The largest absolute Gasteiger partial charge is 0.462 e. The molecule has 1 aliphatic carbocycles. The van der Waals surface area contributed by atoms with E-state index in [1.54, 1.807) is 12.2 Å². The first-order valence-corrected chi connectivity index (χ1v) is 9.49. The average Bonchev–Trinajstić information content (AvgIpc) is 2.64. The molecule has 1 heterocycles. The Hall–Kier alpha value is -2.34. The van der Waals surface area contributed by atoms with Gasteiger partial charge in [0.25, 0.3) is 0 Å². The molecule has 1 aromatic heterocycles. The number of aliphatic hydroxyl groups excluding tert-OH is 1. The van der Waals surface area contributed by atoms with Gasteiger partial charge in [0.2, 0.25) is 0 Å². The third-order valence-electron chi connectivity index (χ3n) is 4.46. The number of hydrogen-bond donors (Lipinski definition) is 1. The molecule has 1 unspecified atom stereocenters. The summed E-state index contributed by atoms with van der Waals surface area (Å²) in [4.78, 5) is 24.5. The zero-order valence-electron chi connectivity index (χ0n) is 16.6. The van der Waals surface area contributed by atoms with E-state index in [2.05, 4.69) is 28.8 Å². The summed E-state index contributed by atoms with van der Waals surface area (Å²) in [7, 11) is 0. The predicted molar refractivity (Wildman–Crippen MR) is 105 cm³/mol. The van der Waals surface area contributed by atoms with Crippen molar-refractivity contribution in [1.29, 1.82) is 0 Å². The maximum Gasteiger partial charge on any atom is 0.338 e. The molecule has 146 valence electrons. The predicted octanol–water partition coefficient (Wildman–Crippen LogP) is 3.65. The number of aromatic nitrogens is 3. The summed E-state index contributed by atoms with van der Waals surface area (Å²) in [5, 5.41) is 10.8. The van der Waals surface area contributed by atoms with Crippen molar-refractivity contribution < 1.29 is 14.6 Å². The molecule has 0 saturated heterocycles. The molecule has 0 spiro atoms. The van der Waals surface area contributed by atoms with Crippen LogP contribution >= 0.6 is 0 Å². The molecular weight excluding hydrogens is 342 g/mol. The van der Waals surface area contributed by atoms with Crippen LogP contribution in [0.2, 0.25) is 0 Å². The first-order valence-electron chi connectivity index (χ1n) is 9.49. The molecule has 27 heavy (non-hydrogen) atoms. The van der Waals surface area contributed by atoms with Crippen molar-refractivity contribution in [3.8, 4) is 0 Å². The summed E-state index contributed by atoms with van der Waals surface area (Å²) in [5.74, 6) is 0.692. The molecule has 0 amide bonds. The lowest BCUT2D eigenvalue weighted by Crippen LogP contribution is -2.24. The van der Waals surface area contributed by atoms with Gasteiger partial charge in [0, 0.05) is 5.57 Å². The molecule has 0 radical (unpaired) electrons. The lowest BCUT2D eigenvalue weighted by Gasteiger charge is -2.24. The smallest absolute Gasteiger partial charge is 0.338 e. The average molecular weight is 371 g/mol. The Morgan fingerprint density at radius 2 is 1.85 bits per heavy atom. The number of ether oxygens (including phenoxy) is 1. The number of carbonyl (C=O) groups is 1. The van der Waals surface area contributed by atoms with E-state index in [4.69, 9.17) is 4.74 Å². The topological polar surface area (TPSA) is 85.2 Å². The number of unbranched alkanes of at least 4 members (excludes halogenated alkanes) is 2. The Morgan fingerprint density at radius 3 is 2.48 bits per heavy atom. The maximum absolute atomic E-state index is 12.5. The van der Waals surface area contributed by atoms with Gasteiger partial charge in [0.15, 0.2) is 5.82 Å². The van der Waals surface area contributed by atoms with Crippen molar-refractivity contribution in [1.82, 2.24) is 15.0 Å². The second kappa shape index (κ2) is 10.1. The van der Waals surface area contributed by atoms with E-state index in [9.17, 15) is 9.90 Å². The highest BCUT2D eigenvalue weighted by Crippen LogP contribution is 2.32. The third-order valence-corrected chi connectivity index (χ3v) is 4.46. The first kappa shape index (κ1) is 21.0. The molecule has 1 aliphatic rings. The van der Waals surface area contributed by atoms with Gasteiger partial charge < -0.3 is 9.84 Å². The zero-order chi connectivity index (χ0) is 19.8. The minimum Gasteiger partial charge on any atom is -0.462 e. The second-order valence-corrected chi connectivity index (χ2v) is 7.36. The highest BCUT2D eigenvalue weighted by molar-refractivity contribution is 5.97. The Balaban J connectivity index is 2.06. The summed E-state index contributed by atoms with van der Waals surface area (Å²) in [6.45, 7) is 8.54. The standard InChI is InChI=1S/C21H29N3O3/c1-14(2)8-6-5-7-11-27-21(26)16-9-10-17(19(25)18(16)15(3)4)20-23-12-22-13-24-20/h9-10,12-14,19,25H,5-8,11H2,1-4H3. The van der Waals surface area contributed by atoms with E-state index < -0.39 is 12.1 Å². The van der Waals surface area contributed by atoms with E-state index in [-0.39, 0.29) is 0 Å². The summed E-state index contributed by atoms with van der Waals surface area (Å²) in [6.07, 6.45) is 9.37. The van der Waals surface area contributed by atoms with Crippen molar-refractivity contribution >= 4 is 11.5 Å². The lowest BCUT2D eigenvalue weighted by atomic mass is 9.86. The number of hydrogen-bond acceptors (Lipinski definition) is 6. The van der Waals surface area contributed by atoms with Crippen LogP contribution in [0.3, 0.4) is 0 Å².